The van der Waals surface area contributed by atoms with Crippen molar-refractivity contribution in [2.24, 2.45) is 5.73 Å². The Balaban J connectivity index is 1.45. The van der Waals surface area contributed by atoms with E-state index in [0.29, 0.717) is 18.9 Å². The van der Waals surface area contributed by atoms with E-state index >= 15 is 0 Å². The van der Waals surface area contributed by atoms with Crippen molar-refractivity contribution >= 4 is 55.6 Å². The summed E-state index contributed by atoms with van der Waals surface area (Å²) in [5.74, 6) is -0.200. The van der Waals surface area contributed by atoms with Crippen molar-refractivity contribution in [3.63, 3.8) is 0 Å². The Hall–Kier alpha value is -2.69. The molecule has 0 unspecified atom stereocenters. The van der Waals surface area contributed by atoms with Crippen LogP contribution in [0.1, 0.15) is 17.3 Å². The topological polar surface area (TPSA) is 110 Å². The van der Waals surface area contributed by atoms with Gasteiger partial charge >= 0.3 is 6.03 Å². The van der Waals surface area contributed by atoms with Gasteiger partial charge in [0.15, 0.2) is 5.13 Å². The number of aromatic nitrogens is 1. The van der Waals surface area contributed by atoms with Crippen molar-refractivity contribution in [3.05, 3.63) is 40.6 Å². The quantitative estimate of drug-likeness (QED) is 0.556. The van der Waals surface area contributed by atoms with E-state index in [-0.39, 0.29) is 12.3 Å². The molecule has 0 spiro atoms. The Morgan fingerprint density at radius 1 is 1.28 bits per heavy atom. The number of thiazole rings is 1. The van der Waals surface area contributed by atoms with Crippen LogP contribution in [0.25, 0.3) is 10.2 Å². The highest BCUT2D eigenvalue weighted by molar-refractivity contribution is 7.22. The molecule has 1 aromatic carbocycles. The fourth-order valence-electron chi connectivity index (χ4n) is 3.16. The second-order valence-corrected chi connectivity index (χ2v) is 8.60. The van der Waals surface area contributed by atoms with Gasteiger partial charge in [-0.05, 0) is 29.6 Å². The molecule has 8 nitrogen and oxygen atoms in total. The second kappa shape index (κ2) is 8.76. The molecule has 152 valence electrons. The number of nitrogens with zero attached hydrogens (tertiary/aromatic N) is 2. The lowest BCUT2D eigenvalue weighted by molar-refractivity contribution is -0.116. The smallest absolute Gasteiger partial charge is 0.312 e. The van der Waals surface area contributed by atoms with Gasteiger partial charge in [-0.15, -0.1) is 11.3 Å². The minimum atomic E-state index is -0.655. The van der Waals surface area contributed by atoms with Crippen molar-refractivity contribution in [2.45, 2.75) is 12.5 Å². The number of anilines is 2. The molecule has 0 radical (unpaired) electrons. The number of carbonyl (C=O) groups excluding carboxylic acids is 2. The molecule has 4 N–H and O–H groups in total. The minimum Gasteiger partial charge on any atom is -0.378 e. The Kier molecular flexibility index (Phi) is 5.93. The standard InChI is InChI=1S/C19H21N5O3S2/c20-18(26)22-14(15-2-1-9-28-15)11-17(25)21-12-3-4-13-16(10-12)29-19(23-13)24-5-7-27-8-6-24/h1-4,9-10,14H,5-8,11H2,(H,21,25)(H3,20,22,26)/t14-/m0/s1. The third-order valence-electron chi connectivity index (χ3n) is 4.54. The summed E-state index contributed by atoms with van der Waals surface area (Å²) in [4.78, 5) is 31.6. The number of nitrogens with two attached hydrogens (primary N) is 1. The summed E-state index contributed by atoms with van der Waals surface area (Å²) in [7, 11) is 0. The number of urea groups is 1. The molecule has 29 heavy (non-hydrogen) atoms. The summed E-state index contributed by atoms with van der Waals surface area (Å²) in [6, 6.07) is 8.31. The first kappa shape index (κ1) is 19.6. The second-order valence-electron chi connectivity index (χ2n) is 6.61. The molecule has 2 aromatic heterocycles. The maximum atomic E-state index is 12.6. The molecule has 3 heterocycles. The van der Waals surface area contributed by atoms with Gasteiger partial charge < -0.3 is 26.0 Å². The van der Waals surface area contributed by atoms with Gasteiger partial charge in [0.1, 0.15) is 0 Å². The van der Waals surface area contributed by atoms with Gasteiger partial charge in [0.2, 0.25) is 5.91 Å². The Morgan fingerprint density at radius 3 is 2.83 bits per heavy atom. The summed E-state index contributed by atoms with van der Waals surface area (Å²) in [6.07, 6.45) is 0.100. The summed E-state index contributed by atoms with van der Waals surface area (Å²) in [5.41, 5.74) is 6.86. The molecular formula is C19H21N5O3S2. The molecule has 3 aromatic rings. The van der Waals surface area contributed by atoms with Crippen molar-refractivity contribution < 1.29 is 14.3 Å². The molecular weight excluding hydrogens is 410 g/mol. The highest BCUT2D eigenvalue weighted by atomic mass is 32.1. The number of thiophene rings is 1. The van der Waals surface area contributed by atoms with Gasteiger partial charge in [0, 0.05) is 23.7 Å². The zero-order valence-electron chi connectivity index (χ0n) is 15.6. The van der Waals surface area contributed by atoms with Crippen LogP contribution in [0.4, 0.5) is 15.6 Å². The van der Waals surface area contributed by atoms with E-state index in [1.807, 2.05) is 35.7 Å². The van der Waals surface area contributed by atoms with Crippen LogP contribution in [0, 0.1) is 0 Å². The molecule has 10 heteroatoms. The zero-order chi connectivity index (χ0) is 20.2. The van der Waals surface area contributed by atoms with Gasteiger partial charge in [-0.2, -0.15) is 0 Å². The molecule has 1 atom stereocenters. The molecule has 0 aliphatic carbocycles. The van der Waals surface area contributed by atoms with Crippen LogP contribution >= 0.6 is 22.7 Å². The van der Waals surface area contributed by atoms with Gasteiger partial charge in [0.05, 0.1) is 35.9 Å². The van der Waals surface area contributed by atoms with Crippen LogP contribution in [-0.4, -0.2) is 43.2 Å². The molecule has 3 amide bonds. The Morgan fingerprint density at radius 2 is 2.10 bits per heavy atom. The van der Waals surface area contributed by atoms with Crippen molar-refractivity contribution in [3.8, 4) is 0 Å². The number of rotatable bonds is 6. The molecule has 0 saturated carbocycles. The van der Waals surface area contributed by atoms with Crippen LogP contribution in [0.15, 0.2) is 35.7 Å². The lowest BCUT2D eigenvalue weighted by Crippen LogP contribution is -2.36. The predicted molar refractivity (Wildman–Crippen MR) is 116 cm³/mol. The first-order valence-electron chi connectivity index (χ1n) is 9.21. The van der Waals surface area contributed by atoms with E-state index in [4.69, 9.17) is 10.5 Å². The van der Waals surface area contributed by atoms with E-state index < -0.39 is 12.1 Å². The number of primary amides is 1. The Labute approximate surface area is 175 Å². The monoisotopic (exact) mass is 431 g/mol. The first-order valence-corrected chi connectivity index (χ1v) is 10.9. The van der Waals surface area contributed by atoms with Crippen LogP contribution < -0.4 is 21.3 Å². The summed E-state index contributed by atoms with van der Waals surface area (Å²) < 4.78 is 6.40. The predicted octanol–water partition coefficient (Wildman–Crippen LogP) is 2.93. The minimum absolute atomic E-state index is 0.100. The van der Waals surface area contributed by atoms with Crippen molar-refractivity contribution in [2.75, 3.05) is 36.5 Å². The molecule has 1 saturated heterocycles. The number of morpholine rings is 1. The number of nitrogens with one attached hydrogen (secondary N) is 2. The summed E-state index contributed by atoms with van der Waals surface area (Å²) >= 11 is 3.07. The molecule has 1 fully saturated rings. The maximum absolute atomic E-state index is 12.6. The molecule has 0 bridgehead atoms. The lowest BCUT2D eigenvalue weighted by Gasteiger charge is -2.25. The zero-order valence-corrected chi connectivity index (χ0v) is 17.2. The van der Waals surface area contributed by atoms with Gasteiger partial charge in [-0.25, -0.2) is 9.78 Å². The van der Waals surface area contributed by atoms with E-state index in [9.17, 15) is 9.59 Å². The van der Waals surface area contributed by atoms with Crippen molar-refractivity contribution in [1.29, 1.82) is 0 Å². The average Bonchev–Trinajstić information content (AvgIpc) is 3.37. The Bertz CT molecular complexity index is 999. The normalized spacial score (nSPS) is 15.2. The third kappa shape index (κ3) is 4.84. The first-order chi connectivity index (χ1) is 14.1. The number of ether oxygens (including phenoxy) is 1. The highest BCUT2D eigenvalue weighted by Gasteiger charge is 2.19. The van der Waals surface area contributed by atoms with Gasteiger partial charge in [0.25, 0.3) is 0 Å². The van der Waals surface area contributed by atoms with Gasteiger partial charge in [-0.1, -0.05) is 17.4 Å². The average molecular weight is 432 g/mol. The SMILES string of the molecule is NC(=O)N[C@@H](CC(=O)Nc1ccc2nc(N3CCOCC3)sc2c1)c1cccs1. The van der Waals surface area contributed by atoms with Crippen LogP contribution in [-0.2, 0) is 9.53 Å². The lowest BCUT2D eigenvalue weighted by atomic mass is 10.1. The highest BCUT2D eigenvalue weighted by Crippen LogP contribution is 2.31. The third-order valence-corrected chi connectivity index (χ3v) is 6.60. The molecule has 1 aliphatic heterocycles. The number of fused-ring (bicyclic) bond motifs is 1. The van der Waals surface area contributed by atoms with Crippen LogP contribution in [0.2, 0.25) is 0 Å². The largest absolute Gasteiger partial charge is 0.378 e. The number of amides is 3. The maximum Gasteiger partial charge on any atom is 0.312 e. The van der Waals surface area contributed by atoms with Crippen molar-refractivity contribution in [1.82, 2.24) is 10.3 Å². The summed E-state index contributed by atoms with van der Waals surface area (Å²) in [6.45, 7) is 3.09. The number of benzene rings is 1. The van der Waals surface area contributed by atoms with E-state index in [1.165, 1.54) is 11.3 Å². The number of carbonyl (C=O) groups is 2. The van der Waals surface area contributed by atoms with Crippen LogP contribution in [0.3, 0.4) is 0 Å². The number of hydrogen-bond donors (Lipinski definition) is 3. The van der Waals surface area contributed by atoms with E-state index in [1.54, 1.807) is 11.3 Å². The fraction of sp³-hybridized carbons (Fsp3) is 0.316. The van der Waals surface area contributed by atoms with Crippen LogP contribution in [0.5, 0.6) is 0 Å². The number of hydrogen-bond acceptors (Lipinski definition) is 7. The van der Waals surface area contributed by atoms with E-state index in [2.05, 4.69) is 20.5 Å². The van der Waals surface area contributed by atoms with E-state index in [0.717, 1.165) is 33.3 Å². The molecule has 4 rings (SSSR count). The van der Waals surface area contributed by atoms with Gasteiger partial charge in [-0.3, -0.25) is 4.79 Å². The summed E-state index contributed by atoms with van der Waals surface area (Å²) in [5, 5.41) is 8.40. The fourth-order valence-corrected chi connectivity index (χ4v) is 5.00. The molecule has 1 aliphatic rings.